The van der Waals surface area contributed by atoms with Gasteiger partial charge < -0.3 is 34.7 Å². The van der Waals surface area contributed by atoms with E-state index >= 15 is 0 Å². The molecule has 0 aromatic carbocycles. The summed E-state index contributed by atoms with van der Waals surface area (Å²) in [5, 5.41) is 15.2. The predicted octanol–water partition coefficient (Wildman–Crippen LogP) is 2.18. The van der Waals surface area contributed by atoms with Gasteiger partial charge in [-0.25, -0.2) is 4.79 Å². The largest absolute Gasteiger partial charge is 0.480 e. The van der Waals surface area contributed by atoms with Gasteiger partial charge in [0.2, 0.25) is 5.91 Å². The highest BCUT2D eigenvalue weighted by atomic mass is 32.2. The number of carboxylic acid groups (broad SMARTS) is 1. The summed E-state index contributed by atoms with van der Waals surface area (Å²) in [6.07, 6.45) is 0.113. The van der Waals surface area contributed by atoms with E-state index in [1.807, 2.05) is 0 Å². The van der Waals surface area contributed by atoms with E-state index in [0.29, 0.717) is 52.0 Å². The van der Waals surface area contributed by atoms with Gasteiger partial charge in [-0.1, -0.05) is 20.8 Å². The molecule has 0 saturated carbocycles. The molecule has 0 aliphatic carbocycles. The summed E-state index contributed by atoms with van der Waals surface area (Å²) in [6.45, 7) is 17.1. The van der Waals surface area contributed by atoms with Crippen LogP contribution in [0.1, 0.15) is 48.0 Å². The molecular weight excluding hydrogens is 448 g/mol. The first-order valence-corrected chi connectivity index (χ1v) is 12.7. The van der Waals surface area contributed by atoms with Crippen LogP contribution in [0.2, 0.25) is 0 Å². The summed E-state index contributed by atoms with van der Waals surface area (Å²) in [4.78, 5) is 23.3. The number of carbonyl (C=O) groups is 2. The molecule has 196 valence electrons. The van der Waals surface area contributed by atoms with Crippen LogP contribution in [0.4, 0.5) is 0 Å². The Hall–Kier alpha value is -0.910. The molecule has 0 bridgehead atoms. The number of hydrogen-bond acceptors (Lipinski definition) is 8. The minimum absolute atomic E-state index is 0.0989. The molecule has 0 aromatic rings. The molecule has 0 saturated heterocycles. The van der Waals surface area contributed by atoms with Crippen molar-refractivity contribution in [1.29, 1.82) is 0 Å². The summed E-state index contributed by atoms with van der Waals surface area (Å²) >= 11 is 1.52. The van der Waals surface area contributed by atoms with Crippen LogP contribution < -0.4 is 10.6 Å². The number of ether oxygens (including phenoxy) is 4. The molecule has 0 aliphatic heterocycles. The van der Waals surface area contributed by atoms with Gasteiger partial charge in [-0.05, 0) is 31.9 Å². The summed E-state index contributed by atoms with van der Waals surface area (Å²) in [7, 11) is 0. The fourth-order valence-corrected chi connectivity index (χ4v) is 3.54. The van der Waals surface area contributed by atoms with Crippen molar-refractivity contribution in [2.24, 2.45) is 5.41 Å². The van der Waals surface area contributed by atoms with Crippen molar-refractivity contribution in [3.8, 4) is 0 Å². The van der Waals surface area contributed by atoms with Crippen molar-refractivity contribution < 1.29 is 33.6 Å². The van der Waals surface area contributed by atoms with E-state index in [2.05, 4.69) is 52.2 Å². The molecule has 0 spiro atoms. The Bertz CT molecular complexity index is 522. The van der Waals surface area contributed by atoms with E-state index in [-0.39, 0.29) is 29.9 Å². The molecule has 0 fully saturated rings. The van der Waals surface area contributed by atoms with Crippen molar-refractivity contribution in [3.05, 3.63) is 0 Å². The number of thioether (sulfide) groups is 1. The van der Waals surface area contributed by atoms with Crippen molar-refractivity contribution in [2.75, 3.05) is 70.9 Å². The zero-order valence-electron chi connectivity index (χ0n) is 21.4. The first-order chi connectivity index (χ1) is 15.4. The van der Waals surface area contributed by atoms with E-state index in [0.717, 1.165) is 12.3 Å². The quantitative estimate of drug-likeness (QED) is 0.219. The van der Waals surface area contributed by atoms with Gasteiger partial charge in [-0.15, -0.1) is 0 Å². The van der Waals surface area contributed by atoms with Crippen LogP contribution >= 0.6 is 11.8 Å². The van der Waals surface area contributed by atoms with E-state index < -0.39 is 12.0 Å². The molecule has 0 heterocycles. The molecule has 0 aliphatic rings. The summed E-state index contributed by atoms with van der Waals surface area (Å²) in [6, 6.07) is -0.890. The number of nitrogens with one attached hydrogen (secondary N) is 2. The van der Waals surface area contributed by atoms with Crippen molar-refractivity contribution in [3.63, 3.8) is 0 Å². The van der Waals surface area contributed by atoms with Gasteiger partial charge in [-0.3, -0.25) is 4.79 Å². The third kappa shape index (κ3) is 24.0. The van der Waals surface area contributed by atoms with Crippen LogP contribution in [-0.2, 0) is 28.5 Å². The first kappa shape index (κ1) is 32.1. The second-order valence-corrected chi connectivity index (χ2v) is 10.9. The molecule has 1 atom stereocenters. The third-order valence-corrected chi connectivity index (χ3v) is 5.58. The topological polar surface area (TPSA) is 115 Å². The van der Waals surface area contributed by atoms with Gasteiger partial charge in [0, 0.05) is 24.3 Å². The maximum Gasteiger partial charge on any atom is 0.327 e. The van der Waals surface area contributed by atoms with Crippen LogP contribution in [-0.4, -0.2) is 99.5 Å². The monoisotopic (exact) mass is 494 g/mol. The molecule has 0 unspecified atom stereocenters. The number of amides is 1. The summed E-state index contributed by atoms with van der Waals surface area (Å²) in [5.41, 5.74) is 0.208. The number of rotatable bonds is 20. The Labute approximate surface area is 204 Å². The van der Waals surface area contributed by atoms with Crippen LogP contribution in [0, 0.1) is 5.41 Å². The molecule has 33 heavy (non-hydrogen) atoms. The highest BCUT2D eigenvalue weighted by Gasteiger charge is 2.21. The lowest BCUT2D eigenvalue weighted by Crippen LogP contribution is -2.43. The minimum Gasteiger partial charge on any atom is -0.480 e. The molecule has 0 aromatic heterocycles. The van der Waals surface area contributed by atoms with Gasteiger partial charge in [-0.2, -0.15) is 11.8 Å². The smallest absolute Gasteiger partial charge is 0.327 e. The molecule has 1 amide bonds. The average molecular weight is 495 g/mol. The van der Waals surface area contributed by atoms with Gasteiger partial charge in [0.1, 0.15) is 6.04 Å². The Kier molecular flexibility index (Phi) is 17.9. The van der Waals surface area contributed by atoms with Crippen molar-refractivity contribution in [2.45, 2.75) is 59.5 Å². The molecule has 10 heteroatoms. The molecule has 9 nitrogen and oxygen atoms in total. The SMILES string of the molecule is CC(C)(C)CSC[C@H](NC(=O)CCOCCOCCOCCOCCNC(C)(C)C)C(=O)O. The van der Waals surface area contributed by atoms with Crippen LogP contribution in [0.15, 0.2) is 0 Å². The Morgan fingerprint density at radius 1 is 0.818 bits per heavy atom. The third-order valence-electron chi connectivity index (χ3n) is 3.94. The van der Waals surface area contributed by atoms with Crippen LogP contribution in [0.3, 0.4) is 0 Å². The second-order valence-electron chi connectivity index (χ2n) is 9.91. The minimum atomic E-state index is -1.02. The first-order valence-electron chi connectivity index (χ1n) is 11.6. The number of carbonyl (C=O) groups excluding carboxylic acids is 1. The average Bonchev–Trinajstić information content (AvgIpc) is 2.68. The van der Waals surface area contributed by atoms with Gasteiger partial charge in [0.25, 0.3) is 0 Å². The number of aliphatic carboxylic acids is 1. The fraction of sp³-hybridized carbons (Fsp3) is 0.913. The van der Waals surface area contributed by atoms with Crippen LogP contribution in [0.25, 0.3) is 0 Å². The molecular formula is C23H46N2O7S. The Balaban J connectivity index is 3.54. The summed E-state index contributed by atoms with van der Waals surface area (Å²) < 4.78 is 21.7. The van der Waals surface area contributed by atoms with Gasteiger partial charge >= 0.3 is 5.97 Å². The highest BCUT2D eigenvalue weighted by Crippen LogP contribution is 2.20. The second kappa shape index (κ2) is 18.4. The number of hydrogen-bond donors (Lipinski definition) is 3. The van der Waals surface area contributed by atoms with Crippen molar-refractivity contribution in [1.82, 2.24) is 10.6 Å². The molecule has 0 radical (unpaired) electrons. The lowest BCUT2D eigenvalue weighted by Gasteiger charge is -2.20. The Morgan fingerprint density at radius 2 is 1.30 bits per heavy atom. The highest BCUT2D eigenvalue weighted by molar-refractivity contribution is 7.99. The van der Waals surface area contributed by atoms with E-state index in [1.165, 1.54) is 11.8 Å². The maximum absolute atomic E-state index is 12.0. The Morgan fingerprint density at radius 3 is 1.76 bits per heavy atom. The summed E-state index contributed by atoms with van der Waals surface area (Å²) in [5.74, 6) is -0.186. The van der Waals surface area contributed by atoms with E-state index in [9.17, 15) is 14.7 Å². The standard InChI is InChI=1S/C23H46N2O7S/c1-22(2,3)18-33-17-19(21(27)28)25-20(26)7-9-29-11-13-31-15-16-32-14-12-30-10-8-24-23(4,5)6/h19,24H,7-18H2,1-6H3,(H,25,26)(H,27,28)/t19-/m0/s1. The van der Waals surface area contributed by atoms with Crippen LogP contribution in [0.5, 0.6) is 0 Å². The lowest BCUT2D eigenvalue weighted by molar-refractivity contribution is -0.141. The van der Waals surface area contributed by atoms with Gasteiger partial charge in [0.05, 0.1) is 52.9 Å². The zero-order chi connectivity index (χ0) is 25.2. The van der Waals surface area contributed by atoms with Gasteiger partial charge in [0.15, 0.2) is 0 Å². The zero-order valence-corrected chi connectivity index (χ0v) is 22.2. The van der Waals surface area contributed by atoms with Crippen molar-refractivity contribution >= 4 is 23.6 Å². The fourth-order valence-electron chi connectivity index (χ4n) is 2.35. The lowest BCUT2D eigenvalue weighted by atomic mass is 10.0. The number of carboxylic acids is 1. The van der Waals surface area contributed by atoms with E-state index in [1.54, 1.807) is 0 Å². The molecule has 3 N–H and O–H groups in total. The van der Waals surface area contributed by atoms with E-state index in [4.69, 9.17) is 18.9 Å². The maximum atomic E-state index is 12.0. The predicted molar refractivity (Wildman–Crippen MR) is 132 cm³/mol. The normalized spacial score (nSPS) is 13.2. The molecule has 0 rings (SSSR count).